The zero-order valence-corrected chi connectivity index (χ0v) is 14.1. The molecule has 2 aliphatic carbocycles. The minimum absolute atomic E-state index is 0.477. The zero-order valence-electron chi connectivity index (χ0n) is 13.3. The van der Waals surface area contributed by atoms with Gasteiger partial charge in [-0.05, 0) is 31.9 Å². The lowest BCUT2D eigenvalue weighted by Crippen LogP contribution is -2.62. The minimum atomic E-state index is 0.477. The summed E-state index contributed by atoms with van der Waals surface area (Å²) in [5, 5.41) is 3.88. The first-order chi connectivity index (χ1) is 9.76. The minimum Gasteiger partial charge on any atom is -0.309 e. The second kappa shape index (κ2) is 6.58. The molecule has 0 unspecified atom stereocenters. The number of piperazine rings is 1. The zero-order chi connectivity index (χ0) is 13.9. The van der Waals surface area contributed by atoms with E-state index in [-0.39, 0.29) is 0 Å². The Kier molecular flexibility index (Phi) is 4.99. The molecule has 1 heterocycles. The van der Waals surface area contributed by atoms with E-state index in [4.69, 9.17) is 0 Å². The van der Waals surface area contributed by atoms with Crippen molar-refractivity contribution in [1.29, 1.82) is 0 Å². The van der Waals surface area contributed by atoms with Crippen LogP contribution in [-0.2, 0) is 0 Å². The van der Waals surface area contributed by atoms with Gasteiger partial charge in [-0.15, -0.1) is 0 Å². The average Bonchev–Trinajstić information content (AvgIpc) is 2.49. The first-order valence-electron chi connectivity index (χ1n) is 8.79. The number of nitrogens with zero attached hydrogens (tertiary/aromatic N) is 1. The second-order valence-corrected chi connectivity index (χ2v) is 8.70. The van der Waals surface area contributed by atoms with Crippen LogP contribution in [0, 0.1) is 0 Å². The molecule has 0 atom stereocenters. The summed E-state index contributed by atoms with van der Waals surface area (Å²) >= 11 is 2.16. The van der Waals surface area contributed by atoms with Crippen LogP contribution in [0.25, 0.3) is 0 Å². The van der Waals surface area contributed by atoms with Crippen LogP contribution in [0.4, 0.5) is 0 Å². The average molecular weight is 297 g/mol. The molecule has 20 heavy (non-hydrogen) atoms. The Morgan fingerprint density at radius 2 is 1.60 bits per heavy atom. The van der Waals surface area contributed by atoms with Gasteiger partial charge in [0.15, 0.2) is 0 Å². The summed E-state index contributed by atoms with van der Waals surface area (Å²) in [4.78, 5) is 2.81. The Labute approximate surface area is 129 Å². The maximum atomic E-state index is 3.88. The summed E-state index contributed by atoms with van der Waals surface area (Å²) in [6.07, 6.45) is 16.8. The molecule has 3 aliphatic rings. The molecule has 1 spiro atoms. The first kappa shape index (κ1) is 15.2. The highest BCUT2D eigenvalue weighted by atomic mass is 32.2. The van der Waals surface area contributed by atoms with Gasteiger partial charge in [0, 0.05) is 36.5 Å². The predicted molar refractivity (Wildman–Crippen MR) is 89.6 cm³/mol. The number of hydrogen-bond donors (Lipinski definition) is 1. The molecule has 116 valence electrons. The number of rotatable bonds is 3. The van der Waals surface area contributed by atoms with Crippen molar-refractivity contribution in [2.45, 2.75) is 74.5 Å². The van der Waals surface area contributed by atoms with Crippen LogP contribution in [0.1, 0.15) is 64.2 Å². The fourth-order valence-corrected chi connectivity index (χ4v) is 5.78. The molecule has 3 heteroatoms. The van der Waals surface area contributed by atoms with E-state index >= 15 is 0 Å². The van der Waals surface area contributed by atoms with Crippen molar-refractivity contribution in [3.8, 4) is 0 Å². The summed E-state index contributed by atoms with van der Waals surface area (Å²) in [6, 6.07) is 0. The summed E-state index contributed by atoms with van der Waals surface area (Å²) in [7, 11) is 0. The van der Waals surface area contributed by atoms with E-state index < -0.39 is 0 Å². The fraction of sp³-hybridized carbons (Fsp3) is 1.00. The highest BCUT2D eigenvalue weighted by Crippen LogP contribution is 2.40. The molecule has 1 saturated heterocycles. The molecule has 1 aliphatic heterocycles. The molecule has 1 N–H and O–H groups in total. The number of hydrogen-bond acceptors (Lipinski definition) is 3. The van der Waals surface area contributed by atoms with Crippen LogP contribution in [0.5, 0.6) is 0 Å². The molecule has 0 aromatic rings. The standard InChI is InChI=1S/C17H32N2S/c1-20-17(10-6-3-7-11-17)15-19-13-12-18-16(14-19)8-4-2-5-9-16/h18H,2-15H2,1H3. The lowest BCUT2D eigenvalue weighted by molar-refractivity contribution is 0.0874. The normalized spacial score (nSPS) is 30.4. The van der Waals surface area contributed by atoms with Crippen molar-refractivity contribution in [1.82, 2.24) is 10.2 Å². The van der Waals surface area contributed by atoms with E-state index in [1.54, 1.807) is 0 Å². The lowest BCUT2D eigenvalue weighted by Gasteiger charge is -2.49. The van der Waals surface area contributed by atoms with Crippen molar-refractivity contribution in [3.05, 3.63) is 0 Å². The van der Waals surface area contributed by atoms with Gasteiger partial charge in [-0.3, -0.25) is 4.90 Å². The summed E-state index contributed by atoms with van der Waals surface area (Å²) < 4.78 is 0.575. The van der Waals surface area contributed by atoms with Gasteiger partial charge in [-0.25, -0.2) is 0 Å². The van der Waals surface area contributed by atoms with Crippen molar-refractivity contribution in [3.63, 3.8) is 0 Å². The van der Waals surface area contributed by atoms with Gasteiger partial charge in [-0.2, -0.15) is 11.8 Å². The third-order valence-corrected chi connectivity index (χ3v) is 7.38. The van der Waals surface area contributed by atoms with Crippen LogP contribution in [0.3, 0.4) is 0 Å². The molecular formula is C17H32N2S. The van der Waals surface area contributed by atoms with Crippen LogP contribution >= 0.6 is 11.8 Å². The third kappa shape index (κ3) is 3.36. The van der Waals surface area contributed by atoms with Gasteiger partial charge in [0.25, 0.3) is 0 Å². The molecule has 0 amide bonds. The van der Waals surface area contributed by atoms with E-state index in [0.717, 1.165) is 0 Å². The Balaban J connectivity index is 1.61. The Bertz CT molecular complexity index is 301. The van der Waals surface area contributed by atoms with Gasteiger partial charge in [0.1, 0.15) is 0 Å². The molecular weight excluding hydrogens is 264 g/mol. The lowest BCUT2D eigenvalue weighted by atomic mass is 9.79. The van der Waals surface area contributed by atoms with Gasteiger partial charge in [-0.1, -0.05) is 38.5 Å². The quantitative estimate of drug-likeness (QED) is 0.855. The highest BCUT2D eigenvalue weighted by molar-refractivity contribution is 8.00. The topological polar surface area (TPSA) is 15.3 Å². The van der Waals surface area contributed by atoms with Crippen molar-refractivity contribution < 1.29 is 0 Å². The maximum Gasteiger partial charge on any atom is 0.0309 e. The first-order valence-corrected chi connectivity index (χ1v) is 10.0. The molecule has 2 saturated carbocycles. The SMILES string of the molecule is CSC1(CN2CCNC3(CCCCC3)C2)CCCCC1. The summed E-state index contributed by atoms with van der Waals surface area (Å²) in [5.74, 6) is 0. The molecule has 0 aromatic carbocycles. The molecule has 2 nitrogen and oxygen atoms in total. The number of nitrogens with one attached hydrogen (secondary N) is 1. The van der Waals surface area contributed by atoms with Gasteiger partial charge in [0.2, 0.25) is 0 Å². The van der Waals surface area contributed by atoms with Gasteiger partial charge < -0.3 is 5.32 Å². The second-order valence-electron chi connectivity index (χ2n) is 7.43. The van der Waals surface area contributed by atoms with E-state index in [1.165, 1.54) is 90.4 Å². The summed E-state index contributed by atoms with van der Waals surface area (Å²) in [6.45, 7) is 5.14. The molecule has 3 fully saturated rings. The smallest absolute Gasteiger partial charge is 0.0309 e. The Hall–Kier alpha value is 0.270. The van der Waals surface area contributed by atoms with Crippen molar-refractivity contribution in [2.75, 3.05) is 32.4 Å². The Morgan fingerprint density at radius 3 is 2.25 bits per heavy atom. The molecule has 0 radical (unpaired) electrons. The summed E-state index contributed by atoms with van der Waals surface area (Å²) in [5.41, 5.74) is 0.477. The van der Waals surface area contributed by atoms with Crippen LogP contribution < -0.4 is 5.32 Å². The van der Waals surface area contributed by atoms with Gasteiger partial charge in [0.05, 0.1) is 0 Å². The molecule has 0 aromatic heterocycles. The van der Waals surface area contributed by atoms with E-state index in [9.17, 15) is 0 Å². The predicted octanol–water partition coefficient (Wildman–Crippen LogP) is 3.66. The van der Waals surface area contributed by atoms with E-state index in [1.807, 2.05) is 0 Å². The van der Waals surface area contributed by atoms with Gasteiger partial charge >= 0.3 is 0 Å². The van der Waals surface area contributed by atoms with Crippen LogP contribution in [0.2, 0.25) is 0 Å². The highest BCUT2D eigenvalue weighted by Gasteiger charge is 2.39. The van der Waals surface area contributed by atoms with E-state index in [2.05, 4.69) is 28.2 Å². The number of thioether (sulfide) groups is 1. The molecule has 0 bridgehead atoms. The monoisotopic (exact) mass is 296 g/mol. The van der Waals surface area contributed by atoms with Crippen LogP contribution in [0.15, 0.2) is 0 Å². The molecule has 3 rings (SSSR count). The third-order valence-electron chi connectivity index (χ3n) is 5.97. The van der Waals surface area contributed by atoms with Crippen molar-refractivity contribution >= 4 is 11.8 Å². The van der Waals surface area contributed by atoms with E-state index in [0.29, 0.717) is 10.3 Å². The van der Waals surface area contributed by atoms with Crippen LogP contribution in [-0.4, -0.2) is 47.6 Å². The fourth-order valence-electron chi connectivity index (χ4n) is 4.77. The largest absolute Gasteiger partial charge is 0.309 e. The maximum absolute atomic E-state index is 3.88. The Morgan fingerprint density at radius 1 is 0.950 bits per heavy atom. The van der Waals surface area contributed by atoms with Crippen molar-refractivity contribution in [2.24, 2.45) is 0 Å².